The molecule has 80 valence electrons. The monoisotopic (exact) mass is 210 g/mol. The summed E-state index contributed by atoms with van der Waals surface area (Å²) < 4.78 is 9.35. The summed E-state index contributed by atoms with van der Waals surface area (Å²) in [7, 11) is 1.25. The van der Waals surface area contributed by atoms with Crippen LogP contribution in [0, 0.1) is 0 Å². The van der Waals surface area contributed by atoms with Crippen molar-refractivity contribution in [2.24, 2.45) is 0 Å². The summed E-state index contributed by atoms with van der Waals surface area (Å²) in [5.74, 6) is -0.412. The molecule has 1 aromatic rings. The highest BCUT2D eigenvalue weighted by atomic mass is 16.6. The number of aldehydes is 1. The van der Waals surface area contributed by atoms with Crippen molar-refractivity contribution in [2.45, 2.75) is 0 Å². The normalized spacial score (nSPS) is 9.40. The molecule has 0 heterocycles. The van der Waals surface area contributed by atoms with Gasteiger partial charge in [0.1, 0.15) is 11.5 Å². The van der Waals surface area contributed by atoms with E-state index in [1.807, 2.05) is 0 Å². The highest BCUT2D eigenvalue weighted by molar-refractivity contribution is 5.79. The van der Waals surface area contributed by atoms with Crippen molar-refractivity contribution in [2.75, 3.05) is 13.7 Å². The Balaban J connectivity index is 2.67. The van der Waals surface area contributed by atoms with Crippen molar-refractivity contribution in [3.05, 3.63) is 23.8 Å². The van der Waals surface area contributed by atoms with Crippen molar-refractivity contribution < 1.29 is 24.2 Å². The highest BCUT2D eigenvalue weighted by Crippen LogP contribution is 2.21. The van der Waals surface area contributed by atoms with E-state index in [4.69, 9.17) is 4.74 Å². The van der Waals surface area contributed by atoms with E-state index in [1.54, 1.807) is 0 Å². The van der Waals surface area contributed by atoms with Crippen LogP contribution in [0.5, 0.6) is 11.5 Å². The van der Waals surface area contributed by atoms with Crippen LogP contribution in [0.2, 0.25) is 0 Å². The maximum atomic E-state index is 10.7. The summed E-state index contributed by atoms with van der Waals surface area (Å²) >= 11 is 0. The number of carbonyl (C=O) groups excluding carboxylic acids is 2. The van der Waals surface area contributed by atoms with Gasteiger partial charge in [-0.05, 0) is 12.1 Å². The second kappa shape index (κ2) is 4.99. The Hall–Kier alpha value is -2.04. The van der Waals surface area contributed by atoms with Crippen molar-refractivity contribution in [3.63, 3.8) is 0 Å². The molecule has 0 aliphatic heterocycles. The summed E-state index contributed by atoms with van der Waals surface area (Å²) in [5.41, 5.74) is 0.167. The number of hydrogen-bond acceptors (Lipinski definition) is 5. The molecule has 0 saturated carbocycles. The number of carbonyl (C=O) groups is 2. The minimum atomic E-state index is -0.519. The Bertz CT molecular complexity index is 372. The van der Waals surface area contributed by atoms with Gasteiger partial charge in [0.15, 0.2) is 12.9 Å². The first-order valence-corrected chi connectivity index (χ1v) is 4.15. The molecule has 0 spiro atoms. The molecule has 0 atom stereocenters. The van der Waals surface area contributed by atoms with Crippen LogP contribution in [0.3, 0.4) is 0 Å². The first-order valence-electron chi connectivity index (χ1n) is 4.15. The largest absolute Gasteiger partial charge is 0.507 e. The van der Waals surface area contributed by atoms with Crippen LogP contribution < -0.4 is 4.74 Å². The van der Waals surface area contributed by atoms with Crippen molar-refractivity contribution in [1.29, 1.82) is 0 Å². The molecule has 0 fully saturated rings. The number of methoxy groups -OCH3 is 1. The Morgan fingerprint density at radius 2 is 2.27 bits per heavy atom. The van der Waals surface area contributed by atoms with Crippen LogP contribution in [0.25, 0.3) is 0 Å². The Kier molecular flexibility index (Phi) is 3.68. The minimum Gasteiger partial charge on any atom is -0.507 e. The van der Waals surface area contributed by atoms with Crippen LogP contribution in [0.1, 0.15) is 10.4 Å². The smallest absolute Gasteiger partial charge is 0.343 e. The van der Waals surface area contributed by atoms with Gasteiger partial charge in [-0.25, -0.2) is 4.79 Å². The fourth-order valence-corrected chi connectivity index (χ4v) is 0.914. The van der Waals surface area contributed by atoms with Gasteiger partial charge in [0.2, 0.25) is 0 Å². The lowest BCUT2D eigenvalue weighted by Crippen LogP contribution is -2.12. The molecule has 5 heteroatoms. The molecule has 0 bridgehead atoms. The van der Waals surface area contributed by atoms with Crippen molar-refractivity contribution in [1.82, 2.24) is 0 Å². The van der Waals surface area contributed by atoms with Crippen LogP contribution >= 0.6 is 0 Å². The van der Waals surface area contributed by atoms with Gasteiger partial charge in [0, 0.05) is 6.07 Å². The van der Waals surface area contributed by atoms with E-state index in [2.05, 4.69) is 4.74 Å². The van der Waals surface area contributed by atoms with E-state index in [-0.39, 0.29) is 17.9 Å². The van der Waals surface area contributed by atoms with Gasteiger partial charge in [0.05, 0.1) is 12.7 Å². The molecular formula is C10H10O5. The number of benzene rings is 1. The third-order valence-corrected chi connectivity index (χ3v) is 1.71. The zero-order valence-electron chi connectivity index (χ0n) is 8.10. The molecule has 1 rings (SSSR count). The number of aromatic hydroxyl groups is 1. The maximum absolute atomic E-state index is 10.7. The number of esters is 1. The molecule has 0 aliphatic rings. The molecule has 1 N–H and O–H groups in total. The number of rotatable bonds is 4. The SMILES string of the molecule is COC(=O)COc1ccc(C=O)c(O)c1. The highest BCUT2D eigenvalue weighted by Gasteiger charge is 2.04. The average Bonchev–Trinajstić information content (AvgIpc) is 2.26. The first kappa shape index (κ1) is 11.0. The molecule has 0 aromatic heterocycles. The average molecular weight is 210 g/mol. The number of hydrogen-bond donors (Lipinski definition) is 1. The predicted octanol–water partition coefficient (Wildman–Crippen LogP) is 0.756. The fraction of sp³-hybridized carbons (Fsp3) is 0.200. The predicted molar refractivity (Wildman–Crippen MR) is 51.0 cm³/mol. The number of phenols is 1. The topological polar surface area (TPSA) is 72.8 Å². The molecule has 0 radical (unpaired) electrons. The van der Waals surface area contributed by atoms with E-state index >= 15 is 0 Å². The first-order chi connectivity index (χ1) is 7.17. The van der Waals surface area contributed by atoms with Gasteiger partial charge in [-0.3, -0.25) is 4.79 Å². The van der Waals surface area contributed by atoms with E-state index in [0.717, 1.165) is 0 Å². The lowest BCUT2D eigenvalue weighted by Gasteiger charge is -2.05. The lowest BCUT2D eigenvalue weighted by atomic mass is 10.2. The number of ether oxygens (including phenoxy) is 2. The van der Waals surface area contributed by atoms with Crippen LogP contribution in [0.4, 0.5) is 0 Å². The quantitative estimate of drug-likeness (QED) is 0.586. The van der Waals surface area contributed by atoms with E-state index in [1.165, 1.54) is 25.3 Å². The zero-order chi connectivity index (χ0) is 11.3. The van der Waals surface area contributed by atoms with E-state index in [0.29, 0.717) is 12.0 Å². The number of phenolic OH excluding ortho intramolecular Hbond substituents is 1. The molecule has 1 aromatic carbocycles. The Labute approximate surface area is 86.2 Å². The van der Waals surface area contributed by atoms with Gasteiger partial charge in [-0.15, -0.1) is 0 Å². The molecule has 0 aliphatic carbocycles. The molecule has 0 saturated heterocycles. The maximum Gasteiger partial charge on any atom is 0.343 e. The standard InChI is InChI=1S/C10H10O5/c1-14-10(13)6-15-8-3-2-7(5-11)9(12)4-8/h2-5,12H,6H2,1H3. The Morgan fingerprint density at radius 1 is 1.53 bits per heavy atom. The van der Waals surface area contributed by atoms with Gasteiger partial charge in [-0.2, -0.15) is 0 Å². The van der Waals surface area contributed by atoms with Crippen molar-refractivity contribution >= 4 is 12.3 Å². The van der Waals surface area contributed by atoms with Crippen LogP contribution in [-0.4, -0.2) is 31.1 Å². The minimum absolute atomic E-state index is 0.167. The molecule has 15 heavy (non-hydrogen) atoms. The summed E-state index contributed by atoms with van der Waals surface area (Å²) in [4.78, 5) is 21.1. The van der Waals surface area contributed by atoms with Gasteiger partial charge < -0.3 is 14.6 Å². The summed E-state index contributed by atoms with van der Waals surface area (Å²) in [5, 5.41) is 9.29. The Morgan fingerprint density at radius 3 is 2.80 bits per heavy atom. The van der Waals surface area contributed by atoms with Gasteiger partial charge in [-0.1, -0.05) is 0 Å². The third kappa shape index (κ3) is 2.98. The lowest BCUT2D eigenvalue weighted by molar-refractivity contribution is -0.142. The zero-order valence-corrected chi connectivity index (χ0v) is 8.10. The molecule has 0 unspecified atom stereocenters. The van der Waals surface area contributed by atoms with E-state index in [9.17, 15) is 14.7 Å². The molecular weight excluding hydrogens is 200 g/mol. The van der Waals surface area contributed by atoms with Crippen LogP contribution in [-0.2, 0) is 9.53 Å². The second-order valence-corrected chi connectivity index (χ2v) is 2.70. The molecule has 5 nitrogen and oxygen atoms in total. The third-order valence-electron chi connectivity index (χ3n) is 1.71. The molecule has 0 amide bonds. The van der Waals surface area contributed by atoms with Gasteiger partial charge in [0.25, 0.3) is 0 Å². The fourth-order valence-electron chi connectivity index (χ4n) is 0.914. The van der Waals surface area contributed by atoms with Crippen LogP contribution in [0.15, 0.2) is 18.2 Å². The summed E-state index contributed by atoms with van der Waals surface area (Å²) in [6.07, 6.45) is 0.527. The van der Waals surface area contributed by atoms with Crippen molar-refractivity contribution in [3.8, 4) is 11.5 Å². The summed E-state index contributed by atoms with van der Waals surface area (Å²) in [6, 6.07) is 4.13. The van der Waals surface area contributed by atoms with Gasteiger partial charge >= 0.3 is 5.97 Å². The summed E-state index contributed by atoms with van der Waals surface area (Å²) in [6.45, 7) is -0.240. The second-order valence-electron chi connectivity index (χ2n) is 2.70. The van der Waals surface area contributed by atoms with E-state index < -0.39 is 5.97 Å².